The van der Waals surface area contributed by atoms with E-state index >= 15 is 0 Å². The van der Waals surface area contributed by atoms with Crippen LogP contribution in [0.15, 0.2) is 11.4 Å². The molecule has 0 N–H and O–H groups in total. The van der Waals surface area contributed by atoms with Gasteiger partial charge in [-0.2, -0.15) is 5.26 Å². The van der Waals surface area contributed by atoms with Gasteiger partial charge >= 0.3 is 0 Å². The van der Waals surface area contributed by atoms with E-state index in [1.165, 1.54) is 10.4 Å². The van der Waals surface area contributed by atoms with Crippen molar-refractivity contribution < 1.29 is 0 Å². The van der Waals surface area contributed by atoms with E-state index in [0.29, 0.717) is 0 Å². The summed E-state index contributed by atoms with van der Waals surface area (Å²) in [7, 11) is 0. The second-order valence-corrected chi connectivity index (χ2v) is 4.64. The molecule has 0 amide bonds. The Bertz CT molecular complexity index is 350. The zero-order valence-corrected chi connectivity index (χ0v) is 9.18. The van der Waals surface area contributed by atoms with Crippen LogP contribution in [0.3, 0.4) is 0 Å². The molecule has 1 aromatic heterocycles. The minimum atomic E-state index is 0.100. The van der Waals surface area contributed by atoms with Crippen LogP contribution < -0.4 is 0 Å². The predicted octanol–water partition coefficient (Wildman–Crippen LogP) is 2.41. The van der Waals surface area contributed by atoms with E-state index in [9.17, 15) is 0 Å². The van der Waals surface area contributed by atoms with E-state index in [4.69, 9.17) is 5.26 Å². The fourth-order valence-corrected chi connectivity index (χ4v) is 2.86. The summed E-state index contributed by atoms with van der Waals surface area (Å²) < 4.78 is 0. The first kappa shape index (κ1) is 9.70. The van der Waals surface area contributed by atoms with Gasteiger partial charge in [0.25, 0.3) is 0 Å². The highest BCUT2D eigenvalue weighted by Crippen LogP contribution is 2.25. The Balaban J connectivity index is 2.11. The van der Waals surface area contributed by atoms with Crippen molar-refractivity contribution >= 4 is 11.3 Å². The molecular formula is C11H14N2S. The van der Waals surface area contributed by atoms with E-state index in [0.717, 1.165) is 25.9 Å². The van der Waals surface area contributed by atoms with Crippen molar-refractivity contribution in [1.82, 2.24) is 4.90 Å². The summed E-state index contributed by atoms with van der Waals surface area (Å²) in [6, 6.07) is 4.66. The molecule has 1 atom stereocenters. The van der Waals surface area contributed by atoms with Crippen molar-refractivity contribution in [2.45, 2.75) is 32.4 Å². The SMILES string of the molecule is CCC(C#N)N1CCc2sccc2C1. The van der Waals surface area contributed by atoms with Crippen LogP contribution >= 0.6 is 11.3 Å². The first-order valence-electron chi connectivity index (χ1n) is 5.04. The third kappa shape index (κ3) is 1.68. The van der Waals surface area contributed by atoms with Crippen LogP contribution in [0.5, 0.6) is 0 Å². The molecule has 0 saturated heterocycles. The molecule has 1 aromatic rings. The summed E-state index contributed by atoms with van der Waals surface area (Å²) in [6.45, 7) is 4.08. The van der Waals surface area contributed by atoms with Gasteiger partial charge in [0.1, 0.15) is 0 Å². The molecule has 1 unspecified atom stereocenters. The van der Waals surface area contributed by atoms with Crippen LogP contribution in [0.25, 0.3) is 0 Å². The lowest BCUT2D eigenvalue weighted by atomic mass is 10.1. The van der Waals surface area contributed by atoms with Crippen LogP contribution in [0.1, 0.15) is 23.8 Å². The van der Waals surface area contributed by atoms with Crippen LogP contribution in [-0.4, -0.2) is 17.5 Å². The van der Waals surface area contributed by atoms with Crippen molar-refractivity contribution in [3.05, 3.63) is 21.9 Å². The van der Waals surface area contributed by atoms with Crippen molar-refractivity contribution in [3.8, 4) is 6.07 Å². The van der Waals surface area contributed by atoms with Crippen molar-refractivity contribution in [1.29, 1.82) is 5.26 Å². The lowest BCUT2D eigenvalue weighted by Crippen LogP contribution is -2.37. The maximum Gasteiger partial charge on any atom is 0.0978 e. The molecule has 0 radical (unpaired) electrons. The molecule has 14 heavy (non-hydrogen) atoms. The molecule has 0 aromatic carbocycles. The number of rotatable bonds is 2. The maximum absolute atomic E-state index is 8.99. The van der Waals surface area contributed by atoms with E-state index in [2.05, 4.69) is 29.3 Å². The van der Waals surface area contributed by atoms with E-state index < -0.39 is 0 Å². The van der Waals surface area contributed by atoms with Crippen molar-refractivity contribution in [2.75, 3.05) is 6.54 Å². The molecule has 0 aliphatic carbocycles. The molecule has 0 saturated carbocycles. The molecule has 0 spiro atoms. The average molecular weight is 206 g/mol. The Morgan fingerprint density at radius 2 is 2.57 bits per heavy atom. The number of nitrogens with zero attached hydrogens (tertiary/aromatic N) is 2. The van der Waals surface area contributed by atoms with Gasteiger partial charge in [-0.25, -0.2) is 0 Å². The van der Waals surface area contributed by atoms with Gasteiger partial charge in [-0.15, -0.1) is 11.3 Å². The molecule has 1 aliphatic heterocycles. The van der Waals surface area contributed by atoms with Crippen LogP contribution in [0, 0.1) is 11.3 Å². The highest BCUT2D eigenvalue weighted by Gasteiger charge is 2.22. The molecule has 2 rings (SSSR count). The third-order valence-electron chi connectivity index (χ3n) is 2.81. The summed E-state index contributed by atoms with van der Waals surface area (Å²) in [5, 5.41) is 11.1. The Hall–Kier alpha value is -0.850. The normalized spacial score (nSPS) is 18.6. The van der Waals surface area contributed by atoms with Crippen LogP contribution in [-0.2, 0) is 13.0 Å². The quantitative estimate of drug-likeness (QED) is 0.743. The fourth-order valence-electron chi connectivity index (χ4n) is 1.97. The fraction of sp³-hybridized carbons (Fsp3) is 0.545. The molecule has 0 bridgehead atoms. The number of thiophene rings is 1. The third-order valence-corrected chi connectivity index (χ3v) is 3.84. The molecule has 74 valence electrons. The summed E-state index contributed by atoms with van der Waals surface area (Å²) >= 11 is 1.84. The molecule has 2 nitrogen and oxygen atoms in total. The number of hydrogen-bond acceptors (Lipinski definition) is 3. The van der Waals surface area contributed by atoms with Gasteiger partial charge in [0, 0.05) is 18.0 Å². The van der Waals surface area contributed by atoms with Crippen molar-refractivity contribution in [2.24, 2.45) is 0 Å². The topological polar surface area (TPSA) is 27.0 Å². The highest BCUT2D eigenvalue weighted by atomic mass is 32.1. The summed E-state index contributed by atoms with van der Waals surface area (Å²) in [5.74, 6) is 0. The first-order valence-corrected chi connectivity index (χ1v) is 5.92. The Morgan fingerprint density at radius 1 is 1.71 bits per heavy atom. The average Bonchev–Trinajstić information content (AvgIpc) is 2.66. The zero-order valence-electron chi connectivity index (χ0n) is 8.36. The van der Waals surface area contributed by atoms with Gasteiger partial charge in [-0.3, -0.25) is 4.90 Å². The number of hydrogen-bond donors (Lipinski definition) is 0. The monoisotopic (exact) mass is 206 g/mol. The van der Waals surface area contributed by atoms with Gasteiger partial charge < -0.3 is 0 Å². The lowest BCUT2D eigenvalue weighted by molar-refractivity contribution is 0.212. The van der Waals surface area contributed by atoms with Gasteiger partial charge in [0.2, 0.25) is 0 Å². The largest absolute Gasteiger partial charge is 0.283 e. The van der Waals surface area contributed by atoms with Crippen LogP contribution in [0.4, 0.5) is 0 Å². The summed E-state index contributed by atoms with van der Waals surface area (Å²) in [4.78, 5) is 3.80. The molecule has 2 heterocycles. The van der Waals surface area contributed by atoms with Gasteiger partial charge in [-0.1, -0.05) is 6.92 Å². The van der Waals surface area contributed by atoms with E-state index in [1.54, 1.807) is 0 Å². The van der Waals surface area contributed by atoms with Gasteiger partial charge in [0.15, 0.2) is 0 Å². The second kappa shape index (κ2) is 4.12. The first-order chi connectivity index (χ1) is 6.85. The lowest BCUT2D eigenvalue weighted by Gasteiger charge is -2.29. The molecule has 3 heteroatoms. The minimum Gasteiger partial charge on any atom is -0.283 e. The highest BCUT2D eigenvalue weighted by molar-refractivity contribution is 7.10. The number of nitriles is 1. The minimum absolute atomic E-state index is 0.100. The van der Waals surface area contributed by atoms with E-state index in [-0.39, 0.29) is 6.04 Å². The Kier molecular flexibility index (Phi) is 2.85. The molecule has 1 aliphatic rings. The smallest absolute Gasteiger partial charge is 0.0978 e. The molecular weight excluding hydrogens is 192 g/mol. The molecule has 0 fully saturated rings. The number of fused-ring (bicyclic) bond motifs is 1. The second-order valence-electron chi connectivity index (χ2n) is 3.64. The van der Waals surface area contributed by atoms with Gasteiger partial charge in [-0.05, 0) is 29.9 Å². The predicted molar refractivity (Wildman–Crippen MR) is 58.1 cm³/mol. The summed E-state index contributed by atoms with van der Waals surface area (Å²) in [5.41, 5.74) is 1.43. The Labute approximate surface area is 88.8 Å². The van der Waals surface area contributed by atoms with Crippen LogP contribution in [0.2, 0.25) is 0 Å². The zero-order chi connectivity index (χ0) is 9.97. The van der Waals surface area contributed by atoms with Crippen molar-refractivity contribution in [3.63, 3.8) is 0 Å². The summed E-state index contributed by atoms with van der Waals surface area (Å²) in [6.07, 6.45) is 2.04. The standard InChI is InChI=1S/C11H14N2S/c1-2-10(7-12)13-5-3-11-9(8-13)4-6-14-11/h4,6,10H,2-3,5,8H2,1H3. The maximum atomic E-state index is 8.99. The van der Waals surface area contributed by atoms with E-state index in [1.807, 2.05) is 11.3 Å². The Morgan fingerprint density at radius 3 is 3.29 bits per heavy atom. The van der Waals surface area contributed by atoms with Gasteiger partial charge in [0.05, 0.1) is 12.1 Å².